The summed E-state index contributed by atoms with van der Waals surface area (Å²) in [5.74, 6) is -0.365. The molecule has 0 bridgehead atoms. The molecule has 2 heterocycles. The Bertz CT molecular complexity index is 464. The van der Waals surface area contributed by atoms with Crippen molar-refractivity contribution in [2.24, 2.45) is 12.8 Å². The number of pyridine rings is 1. The van der Waals surface area contributed by atoms with Crippen molar-refractivity contribution in [3.63, 3.8) is 0 Å². The average molecular weight is 221 g/mol. The fraction of sp³-hybridized carbons (Fsp3) is 0.300. The summed E-state index contributed by atoms with van der Waals surface area (Å²) in [5, 5.41) is 7.74. The molecule has 2 rings (SSSR count). The van der Waals surface area contributed by atoms with Crippen molar-refractivity contribution in [3.05, 3.63) is 41.7 Å². The normalized spacial score (nSPS) is 12.7. The molecule has 2 N–H and O–H groups in total. The summed E-state index contributed by atoms with van der Waals surface area (Å²) in [5.41, 5.74) is 7.36. The van der Waals surface area contributed by atoms with E-state index < -0.39 is 0 Å². The highest BCUT2D eigenvalue weighted by Crippen LogP contribution is 2.12. The van der Waals surface area contributed by atoms with Crippen LogP contribution in [0.4, 0.5) is 4.39 Å². The molecule has 16 heavy (non-hydrogen) atoms. The summed E-state index contributed by atoms with van der Waals surface area (Å²) >= 11 is 0. The minimum atomic E-state index is -0.365. The van der Waals surface area contributed by atoms with E-state index >= 15 is 0 Å². The lowest BCUT2D eigenvalue weighted by molar-refractivity contribution is 0.611. The third-order valence-electron chi connectivity index (χ3n) is 2.21. The van der Waals surface area contributed by atoms with Gasteiger partial charge in [0.25, 0.3) is 0 Å². The fourth-order valence-electron chi connectivity index (χ4n) is 1.43. The molecule has 0 aromatic carbocycles. The van der Waals surface area contributed by atoms with Crippen LogP contribution in [0.2, 0.25) is 0 Å². The highest BCUT2D eigenvalue weighted by atomic mass is 19.1. The standard InChI is InChI=1S/C10H12FN5/c1-16-6-8(14-15-16)4-9(12)10-3-2-7(11)5-13-10/h2-3,5-6,9H,4,12H2,1H3. The number of rotatable bonds is 3. The number of halogens is 1. The molecule has 0 amide bonds. The topological polar surface area (TPSA) is 69.6 Å². The molecule has 0 fully saturated rings. The van der Waals surface area contributed by atoms with E-state index in [1.807, 2.05) is 0 Å². The molecule has 0 aliphatic rings. The lowest BCUT2D eigenvalue weighted by Gasteiger charge is -2.08. The largest absolute Gasteiger partial charge is 0.322 e. The van der Waals surface area contributed by atoms with Crippen molar-refractivity contribution >= 4 is 0 Å². The highest BCUT2D eigenvalue weighted by molar-refractivity contribution is 5.11. The van der Waals surface area contributed by atoms with E-state index in [0.717, 1.165) is 11.9 Å². The van der Waals surface area contributed by atoms with E-state index in [1.54, 1.807) is 24.0 Å². The molecule has 0 aliphatic carbocycles. The van der Waals surface area contributed by atoms with Gasteiger partial charge in [-0.05, 0) is 12.1 Å². The molecule has 0 spiro atoms. The second kappa shape index (κ2) is 4.36. The molecule has 0 saturated heterocycles. The van der Waals surface area contributed by atoms with Crippen molar-refractivity contribution in [1.82, 2.24) is 20.0 Å². The molecule has 2 aromatic rings. The van der Waals surface area contributed by atoms with Crippen molar-refractivity contribution in [3.8, 4) is 0 Å². The fourth-order valence-corrected chi connectivity index (χ4v) is 1.43. The van der Waals surface area contributed by atoms with E-state index in [4.69, 9.17) is 5.73 Å². The van der Waals surface area contributed by atoms with Gasteiger partial charge in [0.2, 0.25) is 0 Å². The summed E-state index contributed by atoms with van der Waals surface area (Å²) in [6.45, 7) is 0. The molecule has 2 aromatic heterocycles. The van der Waals surface area contributed by atoms with Gasteiger partial charge < -0.3 is 5.73 Å². The van der Waals surface area contributed by atoms with Crippen LogP contribution in [0.3, 0.4) is 0 Å². The van der Waals surface area contributed by atoms with Gasteiger partial charge in [0.15, 0.2) is 0 Å². The number of aryl methyl sites for hydroxylation is 1. The number of nitrogens with two attached hydrogens (primary N) is 1. The Morgan fingerprint density at radius 3 is 2.88 bits per heavy atom. The summed E-state index contributed by atoms with van der Waals surface area (Å²) < 4.78 is 14.3. The molecular formula is C10H12FN5. The Kier molecular flexibility index (Phi) is 2.91. The first kappa shape index (κ1) is 10.7. The Morgan fingerprint density at radius 1 is 1.50 bits per heavy atom. The molecule has 84 valence electrons. The van der Waals surface area contributed by atoms with E-state index in [0.29, 0.717) is 12.1 Å². The van der Waals surface area contributed by atoms with Crippen LogP contribution in [0.5, 0.6) is 0 Å². The van der Waals surface area contributed by atoms with Gasteiger partial charge in [-0.1, -0.05) is 5.21 Å². The number of hydrogen-bond donors (Lipinski definition) is 1. The van der Waals surface area contributed by atoms with Crippen LogP contribution < -0.4 is 5.73 Å². The molecule has 1 unspecified atom stereocenters. The Hall–Kier alpha value is -1.82. The van der Waals surface area contributed by atoms with Gasteiger partial charge in [-0.15, -0.1) is 5.10 Å². The minimum absolute atomic E-state index is 0.294. The summed E-state index contributed by atoms with van der Waals surface area (Å²) in [7, 11) is 1.79. The lowest BCUT2D eigenvalue weighted by Crippen LogP contribution is -2.15. The third kappa shape index (κ3) is 2.40. The van der Waals surface area contributed by atoms with Crippen LogP contribution >= 0.6 is 0 Å². The van der Waals surface area contributed by atoms with Crippen molar-refractivity contribution in [1.29, 1.82) is 0 Å². The molecule has 0 saturated carbocycles. The second-order valence-corrected chi connectivity index (χ2v) is 3.60. The Balaban J connectivity index is 2.08. The number of nitrogens with zero attached hydrogens (tertiary/aromatic N) is 4. The summed E-state index contributed by atoms with van der Waals surface area (Å²) in [6, 6.07) is 2.63. The number of aromatic nitrogens is 4. The Morgan fingerprint density at radius 2 is 2.31 bits per heavy atom. The second-order valence-electron chi connectivity index (χ2n) is 3.60. The predicted octanol–water partition coefficient (Wildman–Crippen LogP) is 0.592. The first-order valence-corrected chi connectivity index (χ1v) is 4.87. The van der Waals surface area contributed by atoms with Crippen LogP contribution in [0.15, 0.2) is 24.5 Å². The van der Waals surface area contributed by atoms with Crippen LogP contribution in [0.25, 0.3) is 0 Å². The first-order chi connectivity index (χ1) is 7.65. The molecule has 1 atom stereocenters. The van der Waals surface area contributed by atoms with Crippen LogP contribution in [-0.4, -0.2) is 20.0 Å². The number of hydrogen-bond acceptors (Lipinski definition) is 4. The monoisotopic (exact) mass is 221 g/mol. The summed E-state index contributed by atoms with van der Waals surface area (Å²) in [4.78, 5) is 3.93. The Labute approximate surface area is 92.1 Å². The maximum Gasteiger partial charge on any atom is 0.141 e. The van der Waals surface area contributed by atoms with Gasteiger partial charge in [-0.25, -0.2) is 4.39 Å². The zero-order valence-corrected chi connectivity index (χ0v) is 8.84. The van der Waals surface area contributed by atoms with Crippen LogP contribution in [-0.2, 0) is 13.5 Å². The zero-order valence-electron chi connectivity index (χ0n) is 8.84. The van der Waals surface area contributed by atoms with Gasteiger partial charge in [0.1, 0.15) is 5.82 Å². The first-order valence-electron chi connectivity index (χ1n) is 4.87. The SMILES string of the molecule is Cn1cc(CC(N)c2ccc(F)cn2)nn1. The van der Waals surface area contributed by atoms with E-state index in [-0.39, 0.29) is 11.9 Å². The van der Waals surface area contributed by atoms with E-state index in [9.17, 15) is 4.39 Å². The van der Waals surface area contributed by atoms with Crippen LogP contribution in [0.1, 0.15) is 17.4 Å². The van der Waals surface area contributed by atoms with E-state index in [1.165, 1.54) is 6.07 Å². The van der Waals surface area contributed by atoms with Gasteiger partial charge >= 0.3 is 0 Å². The van der Waals surface area contributed by atoms with Crippen molar-refractivity contribution in [2.45, 2.75) is 12.5 Å². The van der Waals surface area contributed by atoms with Gasteiger partial charge in [0.05, 0.1) is 23.6 Å². The molecule has 0 radical (unpaired) electrons. The maximum atomic E-state index is 12.7. The zero-order chi connectivity index (χ0) is 11.5. The predicted molar refractivity (Wildman–Crippen MR) is 55.8 cm³/mol. The highest BCUT2D eigenvalue weighted by Gasteiger charge is 2.10. The summed E-state index contributed by atoms with van der Waals surface area (Å²) in [6.07, 6.45) is 3.49. The minimum Gasteiger partial charge on any atom is -0.322 e. The van der Waals surface area contributed by atoms with Gasteiger partial charge in [0, 0.05) is 19.7 Å². The molecule has 6 heteroatoms. The average Bonchev–Trinajstić information content (AvgIpc) is 2.65. The van der Waals surface area contributed by atoms with Gasteiger partial charge in [-0.3, -0.25) is 9.67 Å². The van der Waals surface area contributed by atoms with Crippen LogP contribution in [0, 0.1) is 5.82 Å². The molecular weight excluding hydrogens is 209 g/mol. The molecule has 5 nitrogen and oxygen atoms in total. The smallest absolute Gasteiger partial charge is 0.141 e. The maximum absolute atomic E-state index is 12.7. The van der Waals surface area contributed by atoms with E-state index in [2.05, 4.69) is 15.3 Å². The van der Waals surface area contributed by atoms with Crippen molar-refractivity contribution in [2.75, 3.05) is 0 Å². The van der Waals surface area contributed by atoms with Crippen molar-refractivity contribution < 1.29 is 4.39 Å². The van der Waals surface area contributed by atoms with Gasteiger partial charge in [-0.2, -0.15) is 0 Å². The lowest BCUT2D eigenvalue weighted by atomic mass is 10.1. The molecule has 0 aliphatic heterocycles. The quantitative estimate of drug-likeness (QED) is 0.823. The third-order valence-corrected chi connectivity index (χ3v) is 2.21.